The quantitative estimate of drug-likeness (QED) is 0.904. The Hall–Kier alpha value is -2.34. The lowest BCUT2D eigenvalue weighted by atomic mass is 10.1. The number of benzene rings is 2. The topological polar surface area (TPSA) is 91.7 Å². The lowest BCUT2D eigenvalue weighted by Gasteiger charge is -2.07. The van der Waals surface area contributed by atoms with E-state index in [1.165, 1.54) is 42.5 Å². The molecule has 0 aliphatic rings. The molecule has 2 aromatic rings. The molecule has 0 aromatic heterocycles. The lowest BCUT2D eigenvalue weighted by molar-refractivity contribution is 0.0696. The Bertz CT molecular complexity index is 776. The summed E-state index contributed by atoms with van der Waals surface area (Å²) in [5.41, 5.74) is 0.998. The predicted octanol–water partition coefficient (Wildman–Crippen LogP) is 2.37. The van der Waals surface area contributed by atoms with E-state index in [-0.39, 0.29) is 22.0 Å². The molecule has 21 heavy (non-hydrogen) atoms. The summed E-state index contributed by atoms with van der Waals surface area (Å²) in [5.74, 6) is -1.36. The number of carboxylic acids is 1. The van der Waals surface area contributed by atoms with Crippen molar-refractivity contribution in [2.24, 2.45) is 0 Å². The van der Waals surface area contributed by atoms with Gasteiger partial charge < -0.3 is 10.2 Å². The van der Waals surface area contributed by atoms with Gasteiger partial charge in [-0.05, 0) is 42.3 Å². The van der Waals surface area contributed by atoms with E-state index in [0.717, 1.165) is 0 Å². The fraction of sp³-hybridized carbons (Fsp3) is 0.133. The van der Waals surface area contributed by atoms with E-state index in [9.17, 15) is 18.3 Å². The molecule has 0 fully saturated rings. The van der Waals surface area contributed by atoms with E-state index < -0.39 is 15.8 Å². The zero-order valence-corrected chi connectivity index (χ0v) is 12.1. The van der Waals surface area contributed by atoms with Crippen LogP contribution in [0, 0.1) is 6.92 Å². The molecule has 0 radical (unpaired) electrons. The van der Waals surface area contributed by atoms with Crippen molar-refractivity contribution in [3.05, 3.63) is 59.2 Å². The Morgan fingerprint density at radius 3 is 2.29 bits per heavy atom. The molecule has 2 N–H and O–H groups in total. The third-order valence-electron chi connectivity index (χ3n) is 3.09. The maximum absolute atomic E-state index is 12.3. The molecule has 0 heterocycles. The smallest absolute Gasteiger partial charge is 0.335 e. The van der Waals surface area contributed by atoms with Crippen molar-refractivity contribution in [2.75, 3.05) is 0 Å². The first kappa shape index (κ1) is 15.1. The van der Waals surface area contributed by atoms with Gasteiger partial charge in [-0.2, -0.15) is 0 Å². The number of carbonyl (C=O) groups is 1. The van der Waals surface area contributed by atoms with E-state index in [4.69, 9.17) is 5.11 Å². The first-order valence-electron chi connectivity index (χ1n) is 6.14. The molecule has 0 atom stereocenters. The molecule has 0 spiro atoms. The fourth-order valence-corrected chi connectivity index (χ4v) is 3.29. The molecule has 6 heteroatoms. The van der Waals surface area contributed by atoms with E-state index in [1.54, 1.807) is 6.92 Å². The molecule has 2 aromatic carbocycles. The minimum Gasteiger partial charge on any atom is -0.508 e. The van der Waals surface area contributed by atoms with Crippen LogP contribution >= 0.6 is 0 Å². The molecule has 0 aliphatic carbocycles. The van der Waals surface area contributed by atoms with Crippen LogP contribution in [0.2, 0.25) is 0 Å². The Balaban J connectivity index is 2.38. The molecular formula is C15H14O5S. The maximum Gasteiger partial charge on any atom is 0.335 e. The van der Waals surface area contributed by atoms with E-state index in [0.29, 0.717) is 11.1 Å². The minimum atomic E-state index is -3.64. The van der Waals surface area contributed by atoms with Crippen LogP contribution in [0.3, 0.4) is 0 Å². The second-order valence-electron chi connectivity index (χ2n) is 4.71. The van der Waals surface area contributed by atoms with Crippen molar-refractivity contribution in [1.29, 1.82) is 0 Å². The zero-order valence-electron chi connectivity index (χ0n) is 11.3. The minimum absolute atomic E-state index is 0.0261. The standard InChI is InChI=1S/C15H14O5S/c1-10-2-7-13(8-14(10)15(17)18)21(19,20)9-11-3-5-12(16)6-4-11/h2-8,16H,9H2,1H3,(H,17,18). The molecule has 110 valence electrons. The molecule has 0 amide bonds. The van der Waals surface area contributed by atoms with Gasteiger partial charge in [0.25, 0.3) is 0 Å². The average molecular weight is 306 g/mol. The first-order valence-corrected chi connectivity index (χ1v) is 7.79. The van der Waals surface area contributed by atoms with Gasteiger partial charge in [0, 0.05) is 0 Å². The van der Waals surface area contributed by atoms with Crippen molar-refractivity contribution in [1.82, 2.24) is 0 Å². The second kappa shape index (κ2) is 5.57. The van der Waals surface area contributed by atoms with Crippen molar-refractivity contribution in [3.63, 3.8) is 0 Å². The summed E-state index contributed by atoms with van der Waals surface area (Å²) in [6, 6.07) is 9.89. The monoisotopic (exact) mass is 306 g/mol. The van der Waals surface area contributed by atoms with Crippen molar-refractivity contribution in [2.45, 2.75) is 17.6 Å². The van der Waals surface area contributed by atoms with Gasteiger partial charge in [-0.1, -0.05) is 18.2 Å². The summed E-state index contributed by atoms with van der Waals surface area (Å²) in [5, 5.41) is 18.2. The number of hydrogen-bond acceptors (Lipinski definition) is 4. The Kier molecular flexibility index (Phi) is 3.99. The van der Waals surface area contributed by atoms with Crippen molar-refractivity contribution < 1.29 is 23.4 Å². The number of rotatable bonds is 4. The third-order valence-corrected chi connectivity index (χ3v) is 4.78. The highest BCUT2D eigenvalue weighted by molar-refractivity contribution is 7.90. The molecule has 0 unspecified atom stereocenters. The van der Waals surface area contributed by atoms with Gasteiger partial charge in [0.1, 0.15) is 5.75 Å². The molecule has 0 saturated carbocycles. The molecule has 5 nitrogen and oxygen atoms in total. The third kappa shape index (κ3) is 3.41. The highest BCUT2D eigenvalue weighted by Crippen LogP contribution is 2.21. The highest BCUT2D eigenvalue weighted by Gasteiger charge is 2.18. The molecular weight excluding hydrogens is 292 g/mol. The van der Waals surface area contributed by atoms with Crippen LogP contribution < -0.4 is 0 Å². The summed E-state index contributed by atoms with van der Waals surface area (Å²) in [6.07, 6.45) is 0. The van der Waals surface area contributed by atoms with Crippen LogP contribution in [0.1, 0.15) is 21.5 Å². The predicted molar refractivity (Wildman–Crippen MR) is 77.1 cm³/mol. The van der Waals surface area contributed by atoms with Crippen LogP contribution in [0.4, 0.5) is 0 Å². The van der Waals surface area contributed by atoms with Crippen LogP contribution in [-0.2, 0) is 15.6 Å². The van der Waals surface area contributed by atoms with Gasteiger partial charge in [-0.25, -0.2) is 13.2 Å². The first-order chi connectivity index (χ1) is 9.79. The number of sulfone groups is 1. The summed E-state index contributed by atoms with van der Waals surface area (Å²) in [6.45, 7) is 1.61. The second-order valence-corrected chi connectivity index (χ2v) is 6.70. The maximum atomic E-state index is 12.3. The van der Waals surface area contributed by atoms with Gasteiger partial charge in [0.15, 0.2) is 9.84 Å². The van der Waals surface area contributed by atoms with E-state index in [2.05, 4.69) is 0 Å². The molecule has 2 rings (SSSR count). The number of aromatic hydroxyl groups is 1. The van der Waals surface area contributed by atoms with E-state index >= 15 is 0 Å². The Morgan fingerprint density at radius 1 is 1.10 bits per heavy atom. The highest BCUT2D eigenvalue weighted by atomic mass is 32.2. The number of aryl methyl sites for hydroxylation is 1. The van der Waals surface area contributed by atoms with Gasteiger partial charge in [-0.15, -0.1) is 0 Å². The van der Waals surface area contributed by atoms with Gasteiger partial charge >= 0.3 is 5.97 Å². The van der Waals surface area contributed by atoms with Gasteiger partial charge in [0.2, 0.25) is 0 Å². The number of hydrogen-bond donors (Lipinski definition) is 2. The van der Waals surface area contributed by atoms with Crippen LogP contribution in [0.15, 0.2) is 47.4 Å². The number of phenolic OH excluding ortho intramolecular Hbond substituents is 1. The summed E-state index contributed by atoms with van der Waals surface area (Å²) in [7, 11) is -3.64. The summed E-state index contributed by atoms with van der Waals surface area (Å²) >= 11 is 0. The number of aromatic carboxylic acids is 1. The van der Waals surface area contributed by atoms with Gasteiger partial charge in [-0.3, -0.25) is 0 Å². The molecule has 0 aliphatic heterocycles. The summed E-state index contributed by atoms with van der Waals surface area (Å²) < 4.78 is 24.6. The number of phenols is 1. The van der Waals surface area contributed by atoms with Crippen LogP contribution in [0.5, 0.6) is 5.75 Å². The summed E-state index contributed by atoms with van der Waals surface area (Å²) in [4.78, 5) is 11.0. The lowest BCUT2D eigenvalue weighted by Crippen LogP contribution is -2.08. The molecule has 0 bridgehead atoms. The Morgan fingerprint density at radius 2 is 1.71 bits per heavy atom. The van der Waals surface area contributed by atoms with Gasteiger partial charge in [0.05, 0.1) is 16.2 Å². The van der Waals surface area contributed by atoms with Crippen molar-refractivity contribution >= 4 is 15.8 Å². The fourth-order valence-electron chi connectivity index (χ4n) is 1.92. The largest absolute Gasteiger partial charge is 0.508 e. The Labute approximate surface area is 122 Å². The number of carboxylic acid groups (broad SMARTS) is 1. The SMILES string of the molecule is Cc1ccc(S(=O)(=O)Cc2ccc(O)cc2)cc1C(=O)O. The average Bonchev–Trinajstić information content (AvgIpc) is 2.41. The normalized spacial score (nSPS) is 11.3. The van der Waals surface area contributed by atoms with Crippen LogP contribution in [0.25, 0.3) is 0 Å². The van der Waals surface area contributed by atoms with E-state index in [1.807, 2.05) is 0 Å². The van der Waals surface area contributed by atoms with Crippen molar-refractivity contribution in [3.8, 4) is 5.75 Å². The van der Waals surface area contributed by atoms with Crippen LogP contribution in [-0.4, -0.2) is 24.6 Å². The zero-order chi connectivity index (χ0) is 15.6. The molecule has 0 saturated heterocycles.